The second-order valence-corrected chi connectivity index (χ2v) is 4.16. The van der Waals surface area contributed by atoms with Crippen LogP contribution in [0.4, 0.5) is 0 Å². The van der Waals surface area contributed by atoms with Crippen LogP contribution in [0.25, 0.3) is 0 Å². The number of amides is 2. The zero-order chi connectivity index (χ0) is 13.4. The Labute approximate surface area is 103 Å². The Hall–Kier alpha value is -1.19. The van der Waals surface area contributed by atoms with E-state index in [0.29, 0.717) is 32.2 Å². The van der Waals surface area contributed by atoms with Crippen LogP contribution in [0.2, 0.25) is 0 Å². The van der Waals surface area contributed by atoms with Crippen LogP contribution in [-0.4, -0.2) is 29.0 Å². The third-order valence-corrected chi connectivity index (χ3v) is 2.60. The number of rotatable bonds is 5. The first kappa shape index (κ1) is 15.8. The lowest BCUT2D eigenvalue weighted by Gasteiger charge is -2.13. The molecule has 0 atom stereocenters. The second-order valence-electron chi connectivity index (χ2n) is 4.16. The predicted molar refractivity (Wildman–Crippen MR) is 66.4 cm³/mol. The maximum absolute atomic E-state index is 11.3. The highest BCUT2D eigenvalue weighted by Crippen LogP contribution is 2.13. The van der Waals surface area contributed by atoms with Crippen LogP contribution in [-0.2, 0) is 14.4 Å². The van der Waals surface area contributed by atoms with Crippen LogP contribution in [0.5, 0.6) is 0 Å². The van der Waals surface area contributed by atoms with Gasteiger partial charge in [-0.2, -0.15) is 0 Å². The van der Waals surface area contributed by atoms with Crippen LogP contribution in [0.15, 0.2) is 0 Å². The fourth-order valence-corrected chi connectivity index (χ4v) is 1.57. The summed E-state index contributed by atoms with van der Waals surface area (Å²) < 4.78 is 0. The zero-order valence-electron chi connectivity index (χ0n) is 11.3. The number of Topliss-reactive ketones (excluding diaryl/α,β-unsaturated/α-hetero) is 1. The lowest BCUT2D eigenvalue weighted by Crippen LogP contribution is -2.30. The van der Waals surface area contributed by atoms with E-state index in [9.17, 15) is 14.4 Å². The van der Waals surface area contributed by atoms with Gasteiger partial charge in [0.25, 0.3) is 0 Å². The van der Waals surface area contributed by atoms with Crippen molar-refractivity contribution in [1.29, 1.82) is 0 Å². The molecule has 0 saturated carbocycles. The molecule has 1 aliphatic rings. The lowest BCUT2D eigenvalue weighted by molar-refractivity contribution is -0.138. The Morgan fingerprint density at radius 3 is 2.06 bits per heavy atom. The molecule has 0 aliphatic carbocycles. The van der Waals surface area contributed by atoms with Crippen molar-refractivity contribution >= 4 is 17.6 Å². The monoisotopic (exact) mass is 241 g/mol. The minimum Gasteiger partial charge on any atom is -0.299 e. The molecule has 1 fully saturated rings. The van der Waals surface area contributed by atoms with Crippen molar-refractivity contribution in [1.82, 2.24) is 4.90 Å². The van der Waals surface area contributed by atoms with Gasteiger partial charge < -0.3 is 0 Å². The average Bonchev–Trinajstić information content (AvgIpc) is 2.62. The fourth-order valence-electron chi connectivity index (χ4n) is 1.57. The molecule has 0 spiro atoms. The molecular weight excluding hydrogens is 218 g/mol. The molecule has 2 amide bonds. The standard InChI is InChI=1S/C11H17NO3.C2H6/c1-8(2)9(13)4-3-7-12-10(14)5-6-11(12)15;1-2/h8H,3-7H2,1-2H3;1-2H3. The SMILES string of the molecule is CC.CC(C)C(=O)CCCN1C(=O)CCC1=O. The van der Waals surface area contributed by atoms with E-state index in [0.717, 1.165) is 0 Å². The van der Waals surface area contributed by atoms with E-state index in [4.69, 9.17) is 0 Å². The predicted octanol–water partition coefficient (Wildman–Crippen LogP) is 2.17. The summed E-state index contributed by atoms with van der Waals surface area (Å²) in [4.78, 5) is 35.0. The Bertz CT molecular complexity index is 268. The van der Waals surface area contributed by atoms with Crippen molar-refractivity contribution in [3.8, 4) is 0 Å². The van der Waals surface area contributed by atoms with Crippen LogP contribution in [0.3, 0.4) is 0 Å². The molecule has 0 N–H and O–H groups in total. The molecular formula is C13H23NO3. The van der Waals surface area contributed by atoms with E-state index < -0.39 is 0 Å². The van der Waals surface area contributed by atoms with Crippen molar-refractivity contribution in [2.24, 2.45) is 5.92 Å². The minimum absolute atomic E-state index is 0.0370. The van der Waals surface area contributed by atoms with Gasteiger partial charge in [0.05, 0.1) is 0 Å². The Morgan fingerprint density at radius 1 is 1.18 bits per heavy atom. The van der Waals surface area contributed by atoms with Crippen molar-refractivity contribution < 1.29 is 14.4 Å². The number of ketones is 1. The van der Waals surface area contributed by atoms with Crippen LogP contribution < -0.4 is 0 Å². The number of hydrogen-bond acceptors (Lipinski definition) is 3. The second kappa shape index (κ2) is 7.98. The molecule has 0 radical (unpaired) electrons. The molecule has 1 heterocycles. The van der Waals surface area contributed by atoms with E-state index in [1.54, 1.807) is 0 Å². The van der Waals surface area contributed by atoms with Gasteiger partial charge in [0.15, 0.2) is 0 Å². The molecule has 0 aromatic carbocycles. The molecule has 0 unspecified atom stereocenters. The summed E-state index contributed by atoms with van der Waals surface area (Å²) in [5.41, 5.74) is 0. The van der Waals surface area contributed by atoms with Crippen molar-refractivity contribution in [3.63, 3.8) is 0 Å². The number of carbonyl (C=O) groups is 3. The van der Waals surface area contributed by atoms with E-state index in [1.165, 1.54) is 4.90 Å². The first-order valence-electron chi connectivity index (χ1n) is 6.38. The van der Waals surface area contributed by atoms with Crippen molar-refractivity contribution in [2.45, 2.75) is 53.4 Å². The van der Waals surface area contributed by atoms with Gasteiger partial charge in [-0.05, 0) is 6.42 Å². The molecule has 4 heteroatoms. The molecule has 1 saturated heterocycles. The largest absolute Gasteiger partial charge is 0.299 e. The first-order valence-corrected chi connectivity index (χ1v) is 6.38. The van der Waals surface area contributed by atoms with Gasteiger partial charge in [-0.25, -0.2) is 0 Å². The maximum Gasteiger partial charge on any atom is 0.229 e. The number of likely N-dealkylation sites (tertiary alicyclic amines) is 1. The summed E-state index contributed by atoms with van der Waals surface area (Å²) in [6.45, 7) is 8.11. The first-order chi connectivity index (χ1) is 8.02. The van der Waals surface area contributed by atoms with Crippen molar-refractivity contribution in [2.75, 3.05) is 6.54 Å². The molecule has 0 aromatic heterocycles. The number of hydrogen-bond donors (Lipinski definition) is 0. The topological polar surface area (TPSA) is 54.5 Å². The molecule has 98 valence electrons. The molecule has 1 rings (SSSR count). The number of imide groups is 1. The Kier molecular flexibility index (Phi) is 7.42. The van der Waals surface area contributed by atoms with E-state index in [1.807, 2.05) is 27.7 Å². The van der Waals surface area contributed by atoms with Crippen LogP contribution in [0.1, 0.15) is 53.4 Å². The highest BCUT2D eigenvalue weighted by molar-refractivity contribution is 6.01. The summed E-state index contributed by atoms with van der Waals surface area (Å²) >= 11 is 0. The zero-order valence-corrected chi connectivity index (χ0v) is 11.3. The quantitative estimate of drug-likeness (QED) is 0.693. The van der Waals surface area contributed by atoms with Gasteiger partial charge in [-0.1, -0.05) is 27.7 Å². The third-order valence-electron chi connectivity index (χ3n) is 2.60. The molecule has 0 aromatic rings. The number of nitrogens with zero attached hydrogens (tertiary/aromatic N) is 1. The van der Waals surface area contributed by atoms with E-state index in [-0.39, 0.29) is 23.5 Å². The highest BCUT2D eigenvalue weighted by Gasteiger charge is 2.28. The highest BCUT2D eigenvalue weighted by atomic mass is 16.2. The van der Waals surface area contributed by atoms with Gasteiger partial charge in [-0.3, -0.25) is 19.3 Å². The fraction of sp³-hybridized carbons (Fsp3) is 0.769. The maximum atomic E-state index is 11.3. The minimum atomic E-state index is -0.100. The summed E-state index contributed by atoms with van der Waals surface area (Å²) in [6.07, 6.45) is 1.71. The smallest absolute Gasteiger partial charge is 0.229 e. The Balaban J connectivity index is 0.00000121. The van der Waals surface area contributed by atoms with Gasteiger partial charge >= 0.3 is 0 Å². The van der Waals surface area contributed by atoms with Crippen molar-refractivity contribution in [3.05, 3.63) is 0 Å². The number of carbonyl (C=O) groups excluding carboxylic acids is 3. The van der Waals surface area contributed by atoms with Crippen LogP contribution >= 0.6 is 0 Å². The molecule has 17 heavy (non-hydrogen) atoms. The summed E-state index contributed by atoms with van der Waals surface area (Å²) in [5, 5.41) is 0. The Morgan fingerprint density at radius 2 is 1.65 bits per heavy atom. The molecule has 1 aliphatic heterocycles. The lowest BCUT2D eigenvalue weighted by atomic mass is 10.0. The molecule has 0 bridgehead atoms. The van der Waals surface area contributed by atoms with Gasteiger partial charge in [0.2, 0.25) is 11.8 Å². The average molecular weight is 241 g/mol. The molecule has 4 nitrogen and oxygen atoms in total. The summed E-state index contributed by atoms with van der Waals surface area (Å²) in [5.74, 6) is 0.0260. The van der Waals surface area contributed by atoms with Gasteiger partial charge in [-0.15, -0.1) is 0 Å². The third kappa shape index (κ3) is 5.11. The van der Waals surface area contributed by atoms with Crippen LogP contribution in [0, 0.1) is 5.92 Å². The summed E-state index contributed by atoms with van der Waals surface area (Å²) in [7, 11) is 0. The van der Waals surface area contributed by atoms with Gasteiger partial charge in [0.1, 0.15) is 5.78 Å². The normalized spacial score (nSPS) is 15.0. The summed E-state index contributed by atoms with van der Waals surface area (Å²) in [6, 6.07) is 0. The van der Waals surface area contributed by atoms with E-state index in [2.05, 4.69) is 0 Å². The van der Waals surface area contributed by atoms with Gasteiger partial charge in [0, 0.05) is 31.7 Å². The van der Waals surface area contributed by atoms with E-state index >= 15 is 0 Å².